The second kappa shape index (κ2) is 15.8. The fourth-order valence-corrected chi connectivity index (χ4v) is 4.31. The standard InChI is InChI=1S/C17H20Cl2N2O.C16H17F2NO2/c1-20(2)11-12-9-13(21(3)4)5-8-17(12)22-14-6-7-15(18)16(19)10-14;1-19(2)10-11-8-12(17)4-7-15(11)21-13-5-6-14(18)16(9-13)20-3/h5-10H,11H2,1-4H3;4-9H,10H2,1-3H3. The largest absolute Gasteiger partial charge is 0.494 e. The maximum absolute atomic E-state index is 13.4. The third-order valence-electron chi connectivity index (χ3n) is 6.03. The zero-order chi connectivity index (χ0) is 31.7. The molecule has 0 aliphatic heterocycles. The summed E-state index contributed by atoms with van der Waals surface area (Å²) < 4.78 is 43.4. The summed E-state index contributed by atoms with van der Waals surface area (Å²) in [4.78, 5) is 6.09. The van der Waals surface area contributed by atoms with Gasteiger partial charge >= 0.3 is 0 Å². The molecule has 4 aromatic carbocycles. The van der Waals surface area contributed by atoms with Crippen LogP contribution in [0.5, 0.6) is 28.7 Å². The molecule has 0 fully saturated rings. The van der Waals surface area contributed by atoms with E-state index in [1.807, 2.05) is 65.4 Å². The van der Waals surface area contributed by atoms with Gasteiger partial charge in [-0.1, -0.05) is 23.2 Å². The molecule has 4 aromatic rings. The zero-order valence-electron chi connectivity index (χ0n) is 25.4. The van der Waals surface area contributed by atoms with Crippen molar-refractivity contribution < 1.29 is 23.0 Å². The molecular weight excluding hydrogens is 595 g/mol. The molecule has 0 heterocycles. The Morgan fingerprint density at radius 3 is 1.72 bits per heavy atom. The Hall–Kier alpha value is -3.56. The van der Waals surface area contributed by atoms with Crippen LogP contribution >= 0.6 is 23.2 Å². The number of hydrogen-bond donors (Lipinski definition) is 0. The Morgan fingerprint density at radius 2 is 1.16 bits per heavy atom. The predicted molar refractivity (Wildman–Crippen MR) is 172 cm³/mol. The van der Waals surface area contributed by atoms with E-state index in [-0.39, 0.29) is 11.6 Å². The minimum absolute atomic E-state index is 0.101. The number of rotatable bonds is 10. The molecule has 0 radical (unpaired) electrons. The van der Waals surface area contributed by atoms with E-state index < -0.39 is 5.82 Å². The van der Waals surface area contributed by atoms with Crippen LogP contribution in [-0.4, -0.2) is 59.2 Å². The third-order valence-corrected chi connectivity index (χ3v) is 6.76. The maximum Gasteiger partial charge on any atom is 0.165 e. The number of nitrogens with zero attached hydrogens (tertiary/aromatic N) is 3. The van der Waals surface area contributed by atoms with Crippen molar-refractivity contribution in [1.29, 1.82) is 0 Å². The average molecular weight is 633 g/mol. The fourth-order valence-electron chi connectivity index (χ4n) is 4.02. The highest BCUT2D eigenvalue weighted by molar-refractivity contribution is 6.42. The van der Waals surface area contributed by atoms with Crippen molar-refractivity contribution in [2.75, 3.05) is 54.3 Å². The van der Waals surface area contributed by atoms with Crippen molar-refractivity contribution in [3.63, 3.8) is 0 Å². The Labute approximate surface area is 262 Å². The quantitative estimate of drug-likeness (QED) is 0.174. The van der Waals surface area contributed by atoms with Crippen molar-refractivity contribution in [1.82, 2.24) is 9.80 Å². The molecule has 0 spiro atoms. The summed E-state index contributed by atoms with van der Waals surface area (Å²) in [6.07, 6.45) is 0. The number of methoxy groups -OCH3 is 1. The highest BCUT2D eigenvalue weighted by atomic mass is 35.5. The molecule has 0 aromatic heterocycles. The lowest BCUT2D eigenvalue weighted by Gasteiger charge is -2.19. The van der Waals surface area contributed by atoms with Crippen LogP contribution in [0.4, 0.5) is 14.5 Å². The topological polar surface area (TPSA) is 37.4 Å². The molecule has 0 saturated carbocycles. The van der Waals surface area contributed by atoms with Gasteiger partial charge in [-0.3, -0.25) is 0 Å². The third kappa shape index (κ3) is 10.3. The first-order valence-corrected chi connectivity index (χ1v) is 14.1. The first-order chi connectivity index (χ1) is 20.4. The van der Waals surface area contributed by atoms with Gasteiger partial charge in [0.15, 0.2) is 11.6 Å². The van der Waals surface area contributed by atoms with Gasteiger partial charge in [-0.15, -0.1) is 0 Å². The number of halogens is 4. The van der Waals surface area contributed by atoms with Crippen LogP contribution in [0.25, 0.3) is 0 Å². The number of anilines is 1. The molecule has 0 unspecified atom stereocenters. The molecule has 0 saturated heterocycles. The summed E-state index contributed by atoms with van der Waals surface area (Å²) in [6.45, 7) is 1.32. The number of ether oxygens (including phenoxy) is 3. The van der Waals surface area contributed by atoms with Crippen molar-refractivity contribution in [3.8, 4) is 28.7 Å². The SMILES string of the molecule is CN(C)Cc1cc(N(C)C)ccc1Oc1ccc(Cl)c(Cl)c1.COc1cc(Oc2ccc(F)cc2CN(C)C)ccc1F. The van der Waals surface area contributed by atoms with E-state index in [2.05, 4.69) is 15.9 Å². The van der Waals surface area contributed by atoms with Gasteiger partial charge in [0, 0.05) is 56.1 Å². The molecule has 10 heteroatoms. The van der Waals surface area contributed by atoms with Crippen LogP contribution < -0.4 is 19.1 Å². The van der Waals surface area contributed by atoms with Crippen LogP contribution in [0, 0.1) is 11.6 Å². The van der Waals surface area contributed by atoms with Crippen LogP contribution in [0.15, 0.2) is 72.8 Å². The Morgan fingerprint density at radius 1 is 0.605 bits per heavy atom. The lowest BCUT2D eigenvalue weighted by Crippen LogP contribution is -2.13. The minimum atomic E-state index is -0.461. The average Bonchev–Trinajstić information content (AvgIpc) is 2.94. The molecule has 43 heavy (non-hydrogen) atoms. The Bertz CT molecular complexity index is 1520. The molecule has 230 valence electrons. The van der Waals surface area contributed by atoms with E-state index in [1.54, 1.807) is 18.2 Å². The fraction of sp³-hybridized carbons (Fsp3) is 0.273. The summed E-state index contributed by atoms with van der Waals surface area (Å²) in [5.74, 6) is 1.76. The second-order valence-corrected chi connectivity index (χ2v) is 11.3. The van der Waals surface area contributed by atoms with Crippen LogP contribution in [0.1, 0.15) is 11.1 Å². The van der Waals surface area contributed by atoms with Gasteiger partial charge in [0.2, 0.25) is 0 Å². The lowest BCUT2D eigenvalue weighted by molar-refractivity contribution is 0.376. The van der Waals surface area contributed by atoms with Gasteiger partial charge in [-0.05, 0) is 88.9 Å². The summed E-state index contributed by atoms with van der Waals surface area (Å²) in [5.41, 5.74) is 2.96. The molecule has 0 atom stereocenters. The lowest BCUT2D eigenvalue weighted by atomic mass is 10.1. The molecule has 0 aliphatic rings. The van der Waals surface area contributed by atoms with Crippen molar-refractivity contribution in [2.45, 2.75) is 13.1 Å². The second-order valence-electron chi connectivity index (χ2n) is 10.5. The summed E-state index contributed by atoms with van der Waals surface area (Å²) in [6, 6.07) is 20.0. The molecular formula is C33H37Cl2F2N3O3. The first kappa shape index (κ1) is 33.9. The molecule has 4 rings (SSSR count). The van der Waals surface area contributed by atoms with Crippen molar-refractivity contribution in [2.24, 2.45) is 0 Å². The molecule has 6 nitrogen and oxygen atoms in total. The Kier molecular flexibility index (Phi) is 12.5. The highest BCUT2D eigenvalue weighted by Crippen LogP contribution is 2.33. The minimum Gasteiger partial charge on any atom is -0.494 e. The monoisotopic (exact) mass is 631 g/mol. The maximum atomic E-state index is 13.4. The van der Waals surface area contributed by atoms with E-state index in [0.29, 0.717) is 39.4 Å². The van der Waals surface area contributed by atoms with Gasteiger partial charge in [0.05, 0.1) is 17.2 Å². The molecule has 0 aliphatic carbocycles. The van der Waals surface area contributed by atoms with Gasteiger partial charge in [-0.25, -0.2) is 8.78 Å². The van der Waals surface area contributed by atoms with Crippen LogP contribution in [-0.2, 0) is 13.1 Å². The summed E-state index contributed by atoms with van der Waals surface area (Å²) in [5, 5.41) is 1.00. The van der Waals surface area contributed by atoms with Gasteiger partial charge in [0.25, 0.3) is 0 Å². The number of benzene rings is 4. The predicted octanol–water partition coefficient (Wildman–Crippen LogP) is 8.74. The smallest absolute Gasteiger partial charge is 0.165 e. The summed E-state index contributed by atoms with van der Waals surface area (Å²) in [7, 11) is 13.3. The molecule has 0 bridgehead atoms. The molecule has 0 N–H and O–H groups in total. The van der Waals surface area contributed by atoms with Crippen molar-refractivity contribution >= 4 is 28.9 Å². The van der Waals surface area contributed by atoms with Gasteiger partial charge in [-0.2, -0.15) is 0 Å². The van der Waals surface area contributed by atoms with E-state index in [1.165, 1.54) is 37.4 Å². The van der Waals surface area contributed by atoms with Crippen LogP contribution in [0.3, 0.4) is 0 Å². The van der Waals surface area contributed by atoms with E-state index in [4.69, 9.17) is 37.4 Å². The highest BCUT2D eigenvalue weighted by Gasteiger charge is 2.12. The Balaban J connectivity index is 0.000000236. The summed E-state index contributed by atoms with van der Waals surface area (Å²) >= 11 is 12.0. The van der Waals surface area contributed by atoms with E-state index in [9.17, 15) is 8.78 Å². The van der Waals surface area contributed by atoms with Crippen LogP contribution in [0.2, 0.25) is 10.0 Å². The molecule has 0 amide bonds. The van der Waals surface area contributed by atoms with Gasteiger partial charge < -0.3 is 28.9 Å². The zero-order valence-corrected chi connectivity index (χ0v) is 26.9. The van der Waals surface area contributed by atoms with Crippen molar-refractivity contribution in [3.05, 3.63) is 106 Å². The normalized spacial score (nSPS) is 10.8. The van der Waals surface area contributed by atoms with E-state index >= 15 is 0 Å². The van der Waals surface area contributed by atoms with E-state index in [0.717, 1.165) is 23.5 Å². The van der Waals surface area contributed by atoms with Gasteiger partial charge in [0.1, 0.15) is 28.8 Å². The number of hydrogen-bond acceptors (Lipinski definition) is 6. The first-order valence-electron chi connectivity index (χ1n) is 13.4.